The molecule has 0 radical (unpaired) electrons. The van der Waals surface area contributed by atoms with Gasteiger partial charge in [-0.15, -0.1) is 0 Å². The zero-order chi connectivity index (χ0) is 16.7. The van der Waals surface area contributed by atoms with Crippen LogP contribution in [0.2, 0.25) is 0 Å². The maximum absolute atomic E-state index is 13.0. The van der Waals surface area contributed by atoms with Crippen molar-refractivity contribution in [2.45, 2.75) is 31.7 Å². The number of hydrogen-bond acceptors (Lipinski definition) is 2. The molecule has 5 nitrogen and oxygen atoms in total. The highest BCUT2D eigenvalue weighted by atomic mass is 19.1. The van der Waals surface area contributed by atoms with Gasteiger partial charge in [-0.3, -0.25) is 4.79 Å². The van der Waals surface area contributed by atoms with Gasteiger partial charge in [-0.25, -0.2) is 9.18 Å². The predicted octanol–water partition coefficient (Wildman–Crippen LogP) is 2.69. The third-order valence-electron chi connectivity index (χ3n) is 5.56. The van der Waals surface area contributed by atoms with Crippen LogP contribution in [0.25, 0.3) is 0 Å². The molecule has 3 amide bonds. The van der Waals surface area contributed by atoms with E-state index in [4.69, 9.17) is 0 Å². The Hall–Kier alpha value is -2.11. The largest absolute Gasteiger partial charge is 0.339 e. The number of benzene rings is 1. The normalized spacial score (nSPS) is 29.2. The van der Waals surface area contributed by atoms with Crippen molar-refractivity contribution in [1.82, 2.24) is 9.80 Å². The van der Waals surface area contributed by atoms with E-state index in [2.05, 4.69) is 10.2 Å². The molecule has 3 unspecified atom stereocenters. The van der Waals surface area contributed by atoms with Crippen LogP contribution in [0.3, 0.4) is 0 Å². The van der Waals surface area contributed by atoms with Crippen LogP contribution in [-0.4, -0.2) is 47.4 Å². The molecule has 3 atom stereocenters. The number of halogens is 1. The fraction of sp³-hybridized carbons (Fsp3) is 0.556. The Kier molecular flexibility index (Phi) is 3.90. The van der Waals surface area contributed by atoms with Crippen molar-refractivity contribution in [3.05, 3.63) is 30.1 Å². The number of anilines is 1. The van der Waals surface area contributed by atoms with E-state index in [-0.39, 0.29) is 17.8 Å². The minimum Gasteiger partial charge on any atom is -0.339 e. The van der Waals surface area contributed by atoms with E-state index in [0.717, 1.165) is 25.8 Å². The number of rotatable bonds is 1. The summed E-state index contributed by atoms with van der Waals surface area (Å²) in [5.74, 6) is 0.703. The number of fused-ring (bicyclic) bond motifs is 4. The number of piperidine rings is 3. The molecular formula is C18H22FN3O2. The van der Waals surface area contributed by atoms with Crippen LogP contribution in [-0.2, 0) is 4.79 Å². The van der Waals surface area contributed by atoms with Crippen molar-refractivity contribution in [2.24, 2.45) is 11.8 Å². The standard InChI is InChI=1S/C18H22FN3O2/c19-14-4-6-15(7-5-14)20-18(24)21-9-12-8-13(11-21)16-2-1-3-17(23)22(16)10-12/h4-7,12-13,16H,1-3,8-11H2,(H,20,24). The number of amides is 3. The third-order valence-corrected chi connectivity index (χ3v) is 5.56. The molecule has 1 N–H and O–H groups in total. The lowest BCUT2D eigenvalue weighted by molar-refractivity contribution is -0.144. The Morgan fingerprint density at radius 2 is 1.96 bits per heavy atom. The first-order valence-corrected chi connectivity index (χ1v) is 8.71. The number of nitrogens with zero attached hydrogens (tertiary/aromatic N) is 2. The van der Waals surface area contributed by atoms with Gasteiger partial charge in [0.25, 0.3) is 0 Å². The topological polar surface area (TPSA) is 52.7 Å². The summed E-state index contributed by atoms with van der Waals surface area (Å²) in [4.78, 5) is 28.6. The van der Waals surface area contributed by atoms with Crippen LogP contribution >= 0.6 is 0 Å². The average Bonchev–Trinajstić information content (AvgIpc) is 2.58. The Labute approximate surface area is 140 Å². The highest BCUT2D eigenvalue weighted by Gasteiger charge is 2.44. The van der Waals surface area contributed by atoms with E-state index >= 15 is 0 Å². The first-order valence-electron chi connectivity index (χ1n) is 8.71. The molecule has 0 saturated carbocycles. The van der Waals surface area contributed by atoms with Crippen LogP contribution < -0.4 is 5.32 Å². The maximum atomic E-state index is 13.0. The molecule has 128 valence electrons. The predicted molar refractivity (Wildman–Crippen MR) is 87.9 cm³/mol. The number of urea groups is 1. The SMILES string of the molecule is O=C(Nc1ccc(F)cc1)N1CC2CC(C1)C1CCCC(=O)N1C2. The van der Waals surface area contributed by atoms with Crippen molar-refractivity contribution in [1.29, 1.82) is 0 Å². The van der Waals surface area contributed by atoms with Gasteiger partial charge in [-0.2, -0.15) is 0 Å². The van der Waals surface area contributed by atoms with Crippen molar-refractivity contribution in [3.63, 3.8) is 0 Å². The second kappa shape index (κ2) is 6.07. The monoisotopic (exact) mass is 331 g/mol. The fourth-order valence-electron chi connectivity index (χ4n) is 4.51. The summed E-state index contributed by atoms with van der Waals surface area (Å²) in [6.45, 7) is 2.15. The van der Waals surface area contributed by atoms with Gasteiger partial charge in [0.2, 0.25) is 5.91 Å². The summed E-state index contributed by atoms with van der Waals surface area (Å²) < 4.78 is 13.0. The van der Waals surface area contributed by atoms with Gasteiger partial charge in [0.1, 0.15) is 5.82 Å². The highest BCUT2D eigenvalue weighted by Crippen LogP contribution is 2.38. The number of likely N-dealkylation sites (tertiary alicyclic amines) is 1. The van der Waals surface area contributed by atoms with Crippen molar-refractivity contribution in [2.75, 3.05) is 25.0 Å². The first kappa shape index (κ1) is 15.4. The molecule has 2 bridgehead atoms. The number of hydrogen-bond donors (Lipinski definition) is 1. The van der Waals surface area contributed by atoms with Crippen molar-refractivity contribution >= 4 is 17.6 Å². The molecule has 6 heteroatoms. The van der Waals surface area contributed by atoms with Gasteiger partial charge in [0.15, 0.2) is 0 Å². The van der Waals surface area contributed by atoms with Crippen LogP contribution in [0.15, 0.2) is 24.3 Å². The van der Waals surface area contributed by atoms with Gasteiger partial charge in [0.05, 0.1) is 0 Å². The van der Waals surface area contributed by atoms with Gasteiger partial charge in [0, 0.05) is 37.8 Å². The molecule has 3 aliphatic rings. The summed E-state index contributed by atoms with van der Waals surface area (Å²) in [6, 6.07) is 5.98. The second-order valence-electron chi connectivity index (χ2n) is 7.21. The molecule has 1 aromatic carbocycles. The summed E-state index contributed by atoms with van der Waals surface area (Å²) in [7, 11) is 0. The molecule has 1 aromatic rings. The van der Waals surface area contributed by atoms with E-state index in [1.54, 1.807) is 12.1 Å². The smallest absolute Gasteiger partial charge is 0.321 e. The molecule has 0 aliphatic carbocycles. The number of carbonyl (C=O) groups excluding carboxylic acids is 2. The summed E-state index contributed by atoms with van der Waals surface area (Å²) >= 11 is 0. The molecule has 24 heavy (non-hydrogen) atoms. The molecule has 0 aromatic heterocycles. The minimum absolute atomic E-state index is 0.133. The van der Waals surface area contributed by atoms with Gasteiger partial charge in [-0.05, 0) is 55.4 Å². The molecule has 3 fully saturated rings. The summed E-state index contributed by atoms with van der Waals surface area (Å²) in [5, 5.41) is 2.85. The van der Waals surface area contributed by atoms with E-state index < -0.39 is 0 Å². The lowest BCUT2D eigenvalue weighted by Crippen LogP contribution is -2.61. The van der Waals surface area contributed by atoms with Crippen molar-refractivity contribution in [3.8, 4) is 0 Å². The van der Waals surface area contributed by atoms with Crippen LogP contribution in [0, 0.1) is 17.7 Å². The zero-order valence-electron chi connectivity index (χ0n) is 13.6. The van der Waals surface area contributed by atoms with Crippen LogP contribution in [0.5, 0.6) is 0 Å². The minimum atomic E-state index is -0.317. The van der Waals surface area contributed by atoms with E-state index in [9.17, 15) is 14.0 Å². The average molecular weight is 331 g/mol. The number of nitrogens with one attached hydrogen (secondary N) is 1. The Balaban J connectivity index is 1.44. The van der Waals surface area contributed by atoms with E-state index in [1.165, 1.54) is 12.1 Å². The lowest BCUT2D eigenvalue weighted by Gasteiger charge is -2.52. The van der Waals surface area contributed by atoms with Crippen LogP contribution in [0.1, 0.15) is 25.7 Å². The molecule has 3 aliphatic heterocycles. The fourth-order valence-corrected chi connectivity index (χ4v) is 4.51. The van der Waals surface area contributed by atoms with Crippen LogP contribution in [0.4, 0.5) is 14.9 Å². The quantitative estimate of drug-likeness (QED) is 0.860. The lowest BCUT2D eigenvalue weighted by atomic mass is 9.76. The molecule has 3 heterocycles. The Morgan fingerprint density at radius 1 is 1.17 bits per heavy atom. The second-order valence-corrected chi connectivity index (χ2v) is 7.21. The molecule has 3 saturated heterocycles. The van der Waals surface area contributed by atoms with E-state index in [1.807, 2.05) is 4.90 Å². The molecule has 0 spiro atoms. The van der Waals surface area contributed by atoms with Crippen molar-refractivity contribution < 1.29 is 14.0 Å². The molecular weight excluding hydrogens is 309 g/mol. The highest BCUT2D eigenvalue weighted by molar-refractivity contribution is 5.89. The third kappa shape index (κ3) is 2.85. The maximum Gasteiger partial charge on any atom is 0.321 e. The van der Waals surface area contributed by atoms with Gasteiger partial charge < -0.3 is 15.1 Å². The van der Waals surface area contributed by atoms with Gasteiger partial charge >= 0.3 is 6.03 Å². The Morgan fingerprint density at radius 3 is 2.75 bits per heavy atom. The van der Waals surface area contributed by atoms with E-state index in [0.29, 0.717) is 43.1 Å². The summed E-state index contributed by atoms with van der Waals surface area (Å²) in [5.41, 5.74) is 0.603. The number of carbonyl (C=O) groups is 2. The van der Waals surface area contributed by atoms with Gasteiger partial charge in [-0.1, -0.05) is 0 Å². The first-order chi connectivity index (χ1) is 11.6. The zero-order valence-corrected chi connectivity index (χ0v) is 13.6. The Bertz CT molecular complexity index is 648. The molecule has 4 rings (SSSR count). The summed E-state index contributed by atoms with van der Waals surface area (Å²) in [6.07, 6.45) is 3.79.